The highest BCUT2D eigenvalue weighted by Crippen LogP contribution is 2.46. The van der Waals surface area contributed by atoms with E-state index in [1.54, 1.807) is 0 Å². The van der Waals surface area contributed by atoms with E-state index in [0.29, 0.717) is 0 Å². The number of benzene rings is 5. The van der Waals surface area contributed by atoms with Crippen LogP contribution in [-0.4, -0.2) is 11.3 Å². The summed E-state index contributed by atoms with van der Waals surface area (Å²) in [5.74, 6) is 5.13. The molecule has 186 valence electrons. The second-order valence-corrected chi connectivity index (χ2v) is 11.2. The molecule has 4 nitrogen and oxygen atoms in total. The highest BCUT2D eigenvalue weighted by molar-refractivity contribution is 6.99. The summed E-state index contributed by atoms with van der Waals surface area (Å²) in [4.78, 5) is 0. The van der Waals surface area contributed by atoms with Crippen molar-refractivity contribution >= 4 is 44.9 Å². The van der Waals surface area contributed by atoms with Crippen molar-refractivity contribution in [2.75, 3.05) is 0 Å². The molecule has 0 N–H and O–H groups in total. The summed E-state index contributed by atoms with van der Waals surface area (Å²) in [5, 5.41) is 2.52. The minimum Gasteiger partial charge on any atom is -0.458 e. The van der Waals surface area contributed by atoms with Crippen LogP contribution in [0.5, 0.6) is 34.5 Å². The predicted molar refractivity (Wildman–Crippen MR) is 157 cm³/mol. The number of ether oxygens (including phenoxy) is 3. The van der Waals surface area contributed by atoms with E-state index < -0.39 is 0 Å². The van der Waals surface area contributed by atoms with Gasteiger partial charge in [0, 0.05) is 27.2 Å². The van der Waals surface area contributed by atoms with Crippen molar-refractivity contribution in [3.63, 3.8) is 0 Å². The molecule has 5 heteroatoms. The van der Waals surface area contributed by atoms with Gasteiger partial charge in [-0.15, -0.1) is 0 Å². The van der Waals surface area contributed by atoms with Crippen LogP contribution in [0.2, 0.25) is 0 Å². The van der Waals surface area contributed by atoms with Gasteiger partial charge in [0.2, 0.25) is 0 Å². The molecular weight excluding hydrogens is 481 g/mol. The van der Waals surface area contributed by atoms with E-state index in [9.17, 15) is 0 Å². The number of nitrogens with zero attached hydrogens (tertiary/aromatic N) is 1. The fourth-order valence-corrected chi connectivity index (χ4v) is 7.06. The molecule has 39 heavy (non-hydrogen) atoms. The maximum Gasteiger partial charge on any atom is 0.270 e. The number of aromatic nitrogens is 1. The Morgan fingerprint density at radius 1 is 0.564 bits per heavy atom. The van der Waals surface area contributed by atoms with E-state index >= 15 is 0 Å². The monoisotopic (exact) mass is 505 g/mol. The molecule has 6 aromatic rings. The van der Waals surface area contributed by atoms with Gasteiger partial charge in [-0.2, -0.15) is 0 Å². The molecule has 1 aromatic heterocycles. The van der Waals surface area contributed by atoms with Gasteiger partial charge < -0.3 is 18.8 Å². The molecule has 5 aromatic carbocycles. The lowest BCUT2D eigenvalue weighted by Crippen LogP contribution is -2.60. The molecule has 4 heterocycles. The first-order valence-corrected chi connectivity index (χ1v) is 13.5. The molecule has 9 rings (SSSR count). The minimum absolute atomic E-state index is 0.0130. The Kier molecular flexibility index (Phi) is 3.86. The molecule has 0 amide bonds. The van der Waals surface area contributed by atoms with Crippen molar-refractivity contribution in [3.8, 4) is 40.2 Å². The molecular formula is C34H24BNO3. The Balaban J connectivity index is 1.42. The summed E-state index contributed by atoms with van der Waals surface area (Å²) in [5.41, 5.74) is 11.5. The van der Waals surface area contributed by atoms with Gasteiger partial charge in [-0.1, -0.05) is 35.4 Å². The predicted octanol–water partition coefficient (Wildman–Crippen LogP) is 6.85. The van der Waals surface area contributed by atoms with Crippen LogP contribution < -0.4 is 30.6 Å². The molecule has 3 aliphatic rings. The second kappa shape index (κ2) is 7.06. The van der Waals surface area contributed by atoms with Crippen LogP contribution in [-0.2, 0) is 0 Å². The summed E-state index contributed by atoms with van der Waals surface area (Å²) in [6.07, 6.45) is 0. The zero-order valence-electron chi connectivity index (χ0n) is 22.2. The molecule has 3 aliphatic heterocycles. The first-order chi connectivity index (χ1) is 19.0. The number of fused-ring (bicyclic) bond motifs is 3. The van der Waals surface area contributed by atoms with Crippen LogP contribution in [0, 0.1) is 27.7 Å². The van der Waals surface area contributed by atoms with Crippen LogP contribution in [0.1, 0.15) is 22.3 Å². The molecule has 0 saturated heterocycles. The number of rotatable bonds is 1. The summed E-state index contributed by atoms with van der Waals surface area (Å²) in [6, 6.07) is 25.8. The van der Waals surface area contributed by atoms with Crippen molar-refractivity contribution in [2.24, 2.45) is 0 Å². The fraction of sp³-hybridized carbons (Fsp3) is 0.118. The lowest BCUT2D eigenvalue weighted by Gasteiger charge is -2.38. The quantitative estimate of drug-likeness (QED) is 0.229. The summed E-state index contributed by atoms with van der Waals surface area (Å²) in [7, 11) is 0. The van der Waals surface area contributed by atoms with Gasteiger partial charge in [0.15, 0.2) is 0 Å². The zero-order valence-corrected chi connectivity index (χ0v) is 22.2. The molecule has 0 radical (unpaired) electrons. The third-order valence-corrected chi connectivity index (χ3v) is 8.62. The van der Waals surface area contributed by atoms with Crippen LogP contribution in [0.25, 0.3) is 27.5 Å². The summed E-state index contributed by atoms with van der Waals surface area (Å²) in [6.45, 7) is 8.62. The molecule has 0 spiro atoms. The Morgan fingerprint density at radius 3 is 2.13 bits per heavy atom. The number of hydrogen-bond donors (Lipinski definition) is 0. The average molecular weight is 505 g/mol. The molecule has 0 fully saturated rings. The highest BCUT2D eigenvalue weighted by Gasteiger charge is 2.47. The van der Waals surface area contributed by atoms with Crippen LogP contribution in [0.3, 0.4) is 0 Å². The van der Waals surface area contributed by atoms with Crippen LogP contribution >= 0.6 is 0 Å². The van der Waals surface area contributed by atoms with E-state index in [2.05, 4.69) is 92.9 Å². The Bertz CT molecular complexity index is 2110. The Morgan fingerprint density at radius 2 is 1.26 bits per heavy atom. The van der Waals surface area contributed by atoms with Crippen LogP contribution in [0.15, 0.2) is 72.8 Å². The van der Waals surface area contributed by atoms with Crippen molar-refractivity contribution < 1.29 is 14.2 Å². The van der Waals surface area contributed by atoms with Gasteiger partial charge in [-0.3, -0.25) is 0 Å². The maximum absolute atomic E-state index is 6.84. The third kappa shape index (κ3) is 2.60. The maximum atomic E-state index is 6.84. The van der Waals surface area contributed by atoms with E-state index in [-0.39, 0.29) is 6.71 Å². The van der Waals surface area contributed by atoms with Gasteiger partial charge in [-0.25, -0.2) is 0 Å². The summed E-state index contributed by atoms with van der Waals surface area (Å²) >= 11 is 0. The minimum atomic E-state index is -0.0130. The van der Waals surface area contributed by atoms with Crippen molar-refractivity contribution in [1.29, 1.82) is 0 Å². The zero-order chi connectivity index (χ0) is 26.2. The molecule has 0 aliphatic carbocycles. The van der Waals surface area contributed by atoms with Crippen molar-refractivity contribution in [1.82, 2.24) is 4.57 Å². The van der Waals surface area contributed by atoms with Crippen LogP contribution in [0.4, 0.5) is 0 Å². The fourth-order valence-electron chi connectivity index (χ4n) is 7.06. The Hall–Kier alpha value is -4.64. The number of aryl methyl sites for hydroxylation is 4. The first kappa shape index (κ1) is 21.3. The average Bonchev–Trinajstić information content (AvgIpc) is 3.24. The van der Waals surface area contributed by atoms with Gasteiger partial charge in [-0.05, 0) is 87.4 Å². The topological polar surface area (TPSA) is 32.6 Å². The molecule has 0 unspecified atom stereocenters. The third-order valence-electron chi connectivity index (χ3n) is 8.62. The smallest absolute Gasteiger partial charge is 0.270 e. The molecule has 0 saturated carbocycles. The van der Waals surface area contributed by atoms with Gasteiger partial charge >= 0.3 is 0 Å². The van der Waals surface area contributed by atoms with Gasteiger partial charge in [0.25, 0.3) is 6.71 Å². The van der Waals surface area contributed by atoms with E-state index in [1.807, 2.05) is 12.1 Å². The Labute approximate surface area is 226 Å². The SMILES string of the molecule is Cc1ccc2c(c1)c1cc(C)cc(C)c1n2-c1ccc2c3c1Oc1cccc4c1B3c1c(ccc(C)c1O2)O4. The van der Waals surface area contributed by atoms with Gasteiger partial charge in [0.1, 0.15) is 34.5 Å². The standard InChI is InChI=1S/C34H24BNO3/c1-17-8-10-23-21(15-17)22-16-18(2)14-20(4)32(22)36(23)24-11-13-28-31-34(24)39-26-7-5-6-25-29(26)35(31)30-27(37-25)12-9-19(3)33(30)38-28/h5-16H,1-4H3. The lowest BCUT2D eigenvalue weighted by atomic mass is 9.33. The van der Waals surface area contributed by atoms with E-state index in [4.69, 9.17) is 14.2 Å². The van der Waals surface area contributed by atoms with Crippen molar-refractivity contribution in [2.45, 2.75) is 27.7 Å². The first-order valence-electron chi connectivity index (χ1n) is 13.5. The van der Waals surface area contributed by atoms with Gasteiger partial charge in [0.05, 0.1) is 16.7 Å². The van der Waals surface area contributed by atoms with E-state index in [1.165, 1.54) is 38.5 Å². The molecule has 0 atom stereocenters. The van der Waals surface area contributed by atoms with Crippen molar-refractivity contribution in [3.05, 3.63) is 95.1 Å². The molecule has 0 bridgehead atoms. The largest absolute Gasteiger partial charge is 0.458 e. The van der Waals surface area contributed by atoms with E-state index in [0.717, 1.165) is 62.1 Å². The second-order valence-electron chi connectivity index (χ2n) is 11.2. The highest BCUT2D eigenvalue weighted by atomic mass is 16.5. The summed E-state index contributed by atoms with van der Waals surface area (Å²) < 4.78 is 22.2. The normalized spacial score (nSPS) is 13.7. The number of hydrogen-bond acceptors (Lipinski definition) is 3. The lowest BCUT2D eigenvalue weighted by molar-refractivity contribution is 0.440.